The van der Waals surface area contributed by atoms with Crippen LogP contribution in [0.2, 0.25) is 0 Å². The molecule has 1 fully saturated rings. The van der Waals surface area contributed by atoms with Crippen molar-refractivity contribution >= 4 is 17.5 Å². The summed E-state index contributed by atoms with van der Waals surface area (Å²) in [6, 6.07) is 0.445. The maximum absolute atomic E-state index is 6.11. The zero-order chi connectivity index (χ0) is 13.4. The molecule has 1 aliphatic rings. The topological polar surface area (TPSA) is 96.6 Å². The summed E-state index contributed by atoms with van der Waals surface area (Å²) in [5.74, 6) is 1.44. The molecule has 8 heteroatoms. The lowest BCUT2D eigenvalue weighted by Crippen LogP contribution is -2.50. The van der Waals surface area contributed by atoms with Gasteiger partial charge in [-0.25, -0.2) is 0 Å². The maximum Gasteiger partial charge on any atom is 0.245 e. The van der Waals surface area contributed by atoms with Crippen molar-refractivity contribution in [2.75, 3.05) is 11.4 Å². The highest BCUT2D eigenvalue weighted by atomic mass is 32.1. The van der Waals surface area contributed by atoms with Crippen LogP contribution >= 0.6 is 11.5 Å². The molecule has 0 amide bonds. The van der Waals surface area contributed by atoms with E-state index in [0.29, 0.717) is 5.95 Å². The number of hydrogen-bond acceptors (Lipinski definition) is 7. The summed E-state index contributed by atoms with van der Waals surface area (Å²) in [6.07, 6.45) is 2.14. The molecular weight excluding hydrogens is 262 g/mol. The summed E-state index contributed by atoms with van der Waals surface area (Å²) in [5, 5.41) is 11.3. The zero-order valence-electron chi connectivity index (χ0n) is 11.0. The van der Waals surface area contributed by atoms with Gasteiger partial charge in [0.15, 0.2) is 5.82 Å². The fraction of sp³-hybridized carbons (Fsp3) is 0.636. The number of nitrogens with two attached hydrogens (primary N) is 1. The van der Waals surface area contributed by atoms with Gasteiger partial charge in [-0.1, -0.05) is 4.49 Å². The number of nitrogens with zero attached hydrogens (tertiary/aromatic N) is 5. The lowest BCUT2D eigenvalue weighted by Gasteiger charge is -2.36. The van der Waals surface area contributed by atoms with Gasteiger partial charge in [0, 0.05) is 18.6 Å². The molecule has 2 atom stereocenters. The summed E-state index contributed by atoms with van der Waals surface area (Å²) in [4.78, 5) is 7.66. The highest BCUT2D eigenvalue weighted by Crippen LogP contribution is 2.26. The first-order valence-electron chi connectivity index (χ1n) is 6.41. The summed E-state index contributed by atoms with van der Waals surface area (Å²) in [6.45, 7) is 4.99. The molecule has 0 aliphatic carbocycles. The van der Waals surface area contributed by atoms with Crippen LogP contribution in [0.1, 0.15) is 25.5 Å². The molecule has 3 heterocycles. The van der Waals surface area contributed by atoms with E-state index in [1.165, 1.54) is 11.5 Å². The molecule has 1 aliphatic heterocycles. The fourth-order valence-electron chi connectivity index (χ4n) is 2.39. The Morgan fingerprint density at radius 2 is 2.32 bits per heavy atom. The monoisotopic (exact) mass is 279 g/mol. The summed E-state index contributed by atoms with van der Waals surface area (Å²) >= 11 is 1.33. The van der Waals surface area contributed by atoms with Gasteiger partial charge in [0.05, 0.1) is 5.69 Å². The molecule has 0 radical (unpaired) electrons. The molecular formula is C11H17N7S. The third-order valence-corrected chi connectivity index (χ3v) is 4.48. The first-order valence-corrected chi connectivity index (χ1v) is 7.18. The average Bonchev–Trinajstić information content (AvgIpc) is 3.01. The fourth-order valence-corrected chi connectivity index (χ4v) is 2.98. The molecule has 2 aromatic heterocycles. The third-order valence-electron chi connectivity index (χ3n) is 3.64. The van der Waals surface area contributed by atoms with Gasteiger partial charge < -0.3 is 10.6 Å². The van der Waals surface area contributed by atoms with Crippen LogP contribution in [0, 0.1) is 6.92 Å². The standard InChI is InChI=1S/C11H17N7S/c1-6-9(19-17-14-6)10-13-11(16-15-10)18-5-3-4-8(12)7(18)2/h7-8H,3-5,12H2,1-2H3,(H,13,15,16). The maximum atomic E-state index is 6.11. The number of piperidine rings is 1. The normalized spacial score (nSPS) is 23.8. The van der Waals surface area contributed by atoms with E-state index in [1.54, 1.807) is 0 Å². The van der Waals surface area contributed by atoms with E-state index < -0.39 is 0 Å². The molecule has 0 spiro atoms. The Hall–Kier alpha value is -1.54. The predicted molar refractivity (Wildman–Crippen MR) is 74.0 cm³/mol. The molecule has 2 unspecified atom stereocenters. The predicted octanol–water partition coefficient (Wildman–Crippen LogP) is 0.948. The van der Waals surface area contributed by atoms with Crippen LogP contribution in [0.5, 0.6) is 0 Å². The molecule has 3 rings (SSSR count). The number of hydrogen-bond donors (Lipinski definition) is 2. The van der Waals surface area contributed by atoms with Crippen LogP contribution in [-0.4, -0.2) is 43.4 Å². The Morgan fingerprint density at radius 1 is 1.47 bits per heavy atom. The van der Waals surface area contributed by atoms with E-state index in [4.69, 9.17) is 5.73 Å². The smallest absolute Gasteiger partial charge is 0.245 e. The lowest BCUT2D eigenvalue weighted by molar-refractivity contribution is 0.416. The van der Waals surface area contributed by atoms with Crippen molar-refractivity contribution in [2.45, 2.75) is 38.8 Å². The minimum atomic E-state index is 0.183. The van der Waals surface area contributed by atoms with Gasteiger partial charge in [0.25, 0.3) is 0 Å². The number of aryl methyl sites for hydroxylation is 1. The van der Waals surface area contributed by atoms with Crippen molar-refractivity contribution < 1.29 is 0 Å². The van der Waals surface area contributed by atoms with Crippen LogP contribution in [-0.2, 0) is 0 Å². The van der Waals surface area contributed by atoms with Crippen LogP contribution in [0.15, 0.2) is 0 Å². The van der Waals surface area contributed by atoms with E-state index in [-0.39, 0.29) is 12.1 Å². The molecule has 1 saturated heterocycles. The minimum absolute atomic E-state index is 0.183. The van der Waals surface area contributed by atoms with Gasteiger partial charge >= 0.3 is 0 Å². The van der Waals surface area contributed by atoms with E-state index in [2.05, 4.69) is 36.6 Å². The van der Waals surface area contributed by atoms with Crippen molar-refractivity contribution in [2.24, 2.45) is 5.73 Å². The molecule has 0 aromatic carbocycles. The molecule has 102 valence electrons. The Balaban J connectivity index is 1.87. The van der Waals surface area contributed by atoms with Crippen molar-refractivity contribution in [3.8, 4) is 10.7 Å². The second-order valence-corrected chi connectivity index (χ2v) is 5.67. The van der Waals surface area contributed by atoms with E-state index >= 15 is 0 Å². The Kier molecular flexibility index (Phi) is 3.19. The van der Waals surface area contributed by atoms with Crippen molar-refractivity contribution in [1.29, 1.82) is 0 Å². The minimum Gasteiger partial charge on any atom is -0.335 e. The second-order valence-electron chi connectivity index (χ2n) is 4.91. The highest BCUT2D eigenvalue weighted by Gasteiger charge is 2.28. The average molecular weight is 279 g/mol. The van der Waals surface area contributed by atoms with Crippen LogP contribution in [0.4, 0.5) is 5.95 Å². The van der Waals surface area contributed by atoms with Crippen molar-refractivity contribution in [3.63, 3.8) is 0 Å². The van der Waals surface area contributed by atoms with Gasteiger partial charge in [0.1, 0.15) is 4.88 Å². The quantitative estimate of drug-likeness (QED) is 0.849. The van der Waals surface area contributed by atoms with E-state index in [9.17, 15) is 0 Å². The van der Waals surface area contributed by atoms with Crippen LogP contribution in [0.25, 0.3) is 10.7 Å². The number of nitrogens with one attached hydrogen (secondary N) is 1. The highest BCUT2D eigenvalue weighted by molar-refractivity contribution is 7.09. The molecule has 19 heavy (non-hydrogen) atoms. The Morgan fingerprint density at radius 3 is 3.05 bits per heavy atom. The number of aromatic nitrogens is 5. The third kappa shape index (κ3) is 2.21. The molecule has 0 saturated carbocycles. The summed E-state index contributed by atoms with van der Waals surface area (Å²) in [5.41, 5.74) is 6.98. The zero-order valence-corrected chi connectivity index (χ0v) is 11.8. The van der Waals surface area contributed by atoms with Crippen LogP contribution < -0.4 is 10.6 Å². The molecule has 3 N–H and O–H groups in total. The van der Waals surface area contributed by atoms with E-state index in [0.717, 1.165) is 35.8 Å². The molecule has 7 nitrogen and oxygen atoms in total. The molecule has 2 aromatic rings. The van der Waals surface area contributed by atoms with Gasteiger partial charge in [0.2, 0.25) is 5.95 Å². The van der Waals surface area contributed by atoms with Gasteiger partial charge in [-0.3, -0.25) is 5.10 Å². The lowest BCUT2D eigenvalue weighted by atomic mass is 9.99. The van der Waals surface area contributed by atoms with Gasteiger partial charge in [-0.2, -0.15) is 4.98 Å². The number of H-pyrrole nitrogens is 1. The summed E-state index contributed by atoms with van der Waals surface area (Å²) < 4.78 is 3.92. The first-order chi connectivity index (χ1) is 9.16. The summed E-state index contributed by atoms with van der Waals surface area (Å²) in [7, 11) is 0. The van der Waals surface area contributed by atoms with E-state index in [1.807, 2.05) is 6.92 Å². The number of rotatable bonds is 2. The van der Waals surface area contributed by atoms with Crippen molar-refractivity contribution in [3.05, 3.63) is 5.69 Å². The van der Waals surface area contributed by atoms with Gasteiger partial charge in [-0.15, -0.1) is 10.2 Å². The number of aromatic amines is 1. The Bertz CT molecular complexity index is 563. The second kappa shape index (κ2) is 4.86. The first kappa shape index (κ1) is 12.5. The largest absolute Gasteiger partial charge is 0.335 e. The van der Waals surface area contributed by atoms with Gasteiger partial charge in [-0.05, 0) is 38.2 Å². The molecule has 0 bridgehead atoms. The Labute approximate surface area is 115 Å². The van der Waals surface area contributed by atoms with Crippen LogP contribution in [0.3, 0.4) is 0 Å². The SMILES string of the molecule is Cc1nnsc1-c1nc(N2CCCC(N)C2C)n[nH]1. The van der Waals surface area contributed by atoms with Crippen molar-refractivity contribution in [1.82, 2.24) is 24.8 Å². The number of anilines is 1.